The van der Waals surface area contributed by atoms with Crippen LogP contribution in [-0.4, -0.2) is 6.16 Å². The normalized spacial score (nSPS) is 14.6. The Morgan fingerprint density at radius 2 is 1.28 bits per heavy atom. The molecule has 0 aliphatic heterocycles. The van der Waals surface area contributed by atoms with E-state index in [0.717, 1.165) is 0 Å². The van der Waals surface area contributed by atoms with Crippen LogP contribution >= 0.6 is 6.35 Å². The first-order chi connectivity index (χ1) is 8.24. The zero-order valence-corrected chi connectivity index (χ0v) is 11.0. The van der Waals surface area contributed by atoms with Crippen molar-refractivity contribution in [3.05, 3.63) is 29.1 Å². The second kappa shape index (κ2) is 5.61. The number of benzene rings is 1. The van der Waals surface area contributed by atoms with E-state index in [-0.39, 0.29) is 6.42 Å². The van der Waals surface area contributed by atoms with E-state index in [4.69, 9.17) is 0 Å². The molecule has 18 heavy (non-hydrogen) atoms. The maximum atomic E-state index is 14.0. The van der Waals surface area contributed by atoms with Gasteiger partial charge in [0, 0.05) is 6.16 Å². The van der Waals surface area contributed by atoms with Crippen molar-refractivity contribution in [3.8, 4) is 0 Å². The number of unbranched alkanes of at least 4 members (excludes halogenated alkanes) is 1. The molecular weight excluding hydrogens is 297 g/mol. The Kier molecular flexibility index (Phi) is 4.84. The molecule has 0 fully saturated rings. The minimum atomic E-state index is -4.27. The van der Waals surface area contributed by atoms with Gasteiger partial charge in [0.05, 0.1) is 5.30 Å². The summed E-state index contributed by atoms with van der Waals surface area (Å²) in [4.78, 5) is 0. The number of hydrogen-bond donors (Lipinski definition) is 0. The summed E-state index contributed by atoms with van der Waals surface area (Å²) in [7, 11) is 0. The fourth-order valence-electron chi connectivity index (χ4n) is 1.36. The van der Waals surface area contributed by atoms with Gasteiger partial charge in [-0.15, -0.1) is 0 Å². The van der Waals surface area contributed by atoms with Gasteiger partial charge < -0.3 is 0 Å². The summed E-state index contributed by atoms with van der Waals surface area (Å²) in [5, 5.41) is -1.47. The second-order valence-electron chi connectivity index (χ2n) is 3.65. The Hall–Kier alpha value is -0.550. The van der Waals surface area contributed by atoms with Gasteiger partial charge in [-0.2, -0.15) is 0 Å². The third-order valence-electron chi connectivity index (χ3n) is 2.32. The van der Waals surface area contributed by atoms with Crippen molar-refractivity contribution in [2.45, 2.75) is 19.8 Å². The molecule has 1 atom stereocenters. The maximum Gasteiger partial charge on any atom is 0.200 e. The summed E-state index contributed by atoms with van der Waals surface area (Å²) < 4.78 is 79.2. The molecule has 0 aliphatic rings. The number of hydrogen-bond acceptors (Lipinski definition) is 1. The molecular formula is C10H9F6PS. The van der Waals surface area contributed by atoms with Crippen molar-refractivity contribution in [3.63, 3.8) is 0 Å². The zero-order chi connectivity index (χ0) is 14.1. The third kappa shape index (κ3) is 2.72. The quantitative estimate of drug-likeness (QED) is 0.348. The van der Waals surface area contributed by atoms with E-state index in [1.807, 2.05) is 0 Å². The van der Waals surface area contributed by atoms with Crippen molar-refractivity contribution in [1.29, 1.82) is 0 Å². The van der Waals surface area contributed by atoms with Crippen molar-refractivity contribution < 1.29 is 26.1 Å². The molecule has 8 heteroatoms. The largest absolute Gasteiger partial charge is 0.213 e. The summed E-state index contributed by atoms with van der Waals surface area (Å²) in [5.41, 5.74) is 0. The molecule has 0 bridgehead atoms. The van der Waals surface area contributed by atoms with Gasteiger partial charge >= 0.3 is 0 Å². The lowest BCUT2D eigenvalue weighted by molar-refractivity contribution is 0.384. The average Bonchev–Trinajstić information content (AvgIpc) is 2.31. The lowest BCUT2D eigenvalue weighted by Gasteiger charge is -2.15. The zero-order valence-electron chi connectivity index (χ0n) is 9.24. The minimum absolute atomic E-state index is 0.216. The molecule has 102 valence electrons. The molecule has 1 rings (SSSR count). The molecule has 0 aromatic heterocycles. The van der Waals surface area contributed by atoms with E-state index in [9.17, 15) is 26.1 Å². The van der Waals surface area contributed by atoms with E-state index < -0.39 is 46.9 Å². The van der Waals surface area contributed by atoms with Gasteiger partial charge in [-0.25, -0.2) is 26.1 Å². The van der Waals surface area contributed by atoms with E-state index in [0.29, 0.717) is 6.42 Å². The minimum Gasteiger partial charge on any atom is -0.213 e. The monoisotopic (exact) mass is 306 g/mol. The first-order valence-electron chi connectivity index (χ1n) is 5.04. The van der Waals surface area contributed by atoms with Gasteiger partial charge in [0.15, 0.2) is 23.3 Å². The van der Waals surface area contributed by atoms with E-state index in [1.54, 1.807) is 6.92 Å². The first-order valence-corrected chi connectivity index (χ1v) is 7.92. The molecule has 1 unspecified atom stereocenters. The first kappa shape index (κ1) is 15.5. The highest BCUT2D eigenvalue weighted by atomic mass is 32.5. The summed E-state index contributed by atoms with van der Waals surface area (Å²) in [6, 6.07) is 0. The third-order valence-corrected chi connectivity index (χ3v) is 5.37. The molecule has 0 N–H and O–H groups in total. The lowest BCUT2D eigenvalue weighted by atomic mass is 10.3. The van der Waals surface area contributed by atoms with E-state index in [1.165, 1.54) is 0 Å². The number of halogens is 6. The average molecular weight is 306 g/mol. The van der Waals surface area contributed by atoms with Crippen LogP contribution in [0.5, 0.6) is 0 Å². The highest BCUT2D eigenvalue weighted by Crippen LogP contribution is 2.49. The topological polar surface area (TPSA) is 0 Å². The predicted molar refractivity (Wildman–Crippen MR) is 61.0 cm³/mol. The SMILES string of the molecule is CCCCP(F)(=S)c1c(F)c(F)c(F)c(F)c1F. The molecule has 0 aliphatic carbocycles. The highest BCUT2D eigenvalue weighted by molar-refractivity contribution is 8.15. The highest BCUT2D eigenvalue weighted by Gasteiger charge is 2.34. The van der Waals surface area contributed by atoms with Crippen LogP contribution in [-0.2, 0) is 11.8 Å². The van der Waals surface area contributed by atoms with Crippen molar-refractivity contribution >= 4 is 23.5 Å². The van der Waals surface area contributed by atoms with Crippen LogP contribution in [0.15, 0.2) is 0 Å². The molecule has 0 saturated carbocycles. The van der Waals surface area contributed by atoms with Gasteiger partial charge in [0.1, 0.15) is 6.35 Å². The summed E-state index contributed by atoms with van der Waals surface area (Å²) in [5.74, 6) is -10.9. The Labute approximate surface area is 105 Å². The van der Waals surface area contributed by atoms with Gasteiger partial charge in [-0.1, -0.05) is 25.2 Å². The fraction of sp³-hybridized carbons (Fsp3) is 0.400. The Morgan fingerprint density at radius 1 is 0.889 bits per heavy atom. The molecule has 0 saturated heterocycles. The maximum absolute atomic E-state index is 14.0. The second-order valence-corrected chi connectivity index (χ2v) is 7.58. The van der Waals surface area contributed by atoms with Gasteiger partial charge in [-0.05, 0) is 6.42 Å². The molecule has 0 spiro atoms. The number of rotatable bonds is 4. The fourth-order valence-corrected chi connectivity index (χ4v) is 3.96. The molecule has 1 aromatic carbocycles. The predicted octanol–water partition coefficient (Wildman–Crippen LogP) is 4.17. The van der Waals surface area contributed by atoms with Crippen LogP contribution in [0.1, 0.15) is 19.8 Å². The van der Waals surface area contributed by atoms with Crippen LogP contribution in [0.25, 0.3) is 0 Å². The Morgan fingerprint density at radius 3 is 1.67 bits per heavy atom. The Balaban J connectivity index is 3.46. The van der Waals surface area contributed by atoms with Crippen LogP contribution in [0, 0.1) is 29.1 Å². The lowest BCUT2D eigenvalue weighted by Crippen LogP contribution is -2.20. The summed E-state index contributed by atoms with van der Waals surface area (Å²) >= 11 is 4.42. The van der Waals surface area contributed by atoms with Crippen LogP contribution in [0.3, 0.4) is 0 Å². The summed E-state index contributed by atoms with van der Waals surface area (Å²) in [6.07, 6.45) is -3.95. The van der Waals surface area contributed by atoms with Crippen LogP contribution in [0.2, 0.25) is 0 Å². The standard InChI is InChI=1S/C10H9F6PS/c1-2-3-4-17(16,18)10-8(14)6(12)5(11)7(13)9(10)15/h2-4H2,1H3. The summed E-state index contributed by atoms with van der Waals surface area (Å²) in [6.45, 7) is 1.69. The van der Waals surface area contributed by atoms with Crippen LogP contribution in [0.4, 0.5) is 26.1 Å². The van der Waals surface area contributed by atoms with Crippen molar-refractivity contribution in [2.75, 3.05) is 6.16 Å². The smallest absolute Gasteiger partial charge is 0.200 e. The van der Waals surface area contributed by atoms with Crippen molar-refractivity contribution in [1.82, 2.24) is 0 Å². The van der Waals surface area contributed by atoms with Crippen LogP contribution < -0.4 is 5.30 Å². The molecule has 0 heterocycles. The van der Waals surface area contributed by atoms with Gasteiger partial charge in [-0.3, -0.25) is 0 Å². The van der Waals surface area contributed by atoms with E-state index >= 15 is 0 Å². The van der Waals surface area contributed by atoms with E-state index in [2.05, 4.69) is 11.8 Å². The molecule has 0 radical (unpaired) electrons. The van der Waals surface area contributed by atoms with Gasteiger partial charge in [0.2, 0.25) is 5.82 Å². The molecule has 0 amide bonds. The van der Waals surface area contributed by atoms with Crippen molar-refractivity contribution in [2.24, 2.45) is 0 Å². The molecule has 1 aromatic rings. The Bertz CT molecular complexity index is 487. The van der Waals surface area contributed by atoms with Gasteiger partial charge in [0.25, 0.3) is 0 Å². The molecule has 0 nitrogen and oxygen atoms in total.